The highest BCUT2D eigenvalue weighted by molar-refractivity contribution is 6.30. The molecule has 4 heteroatoms. The van der Waals surface area contributed by atoms with Gasteiger partial charge in [0.25, 0.3) is 0 Å². The number of hydrogen-bond donors (Lipinski definition) is 1. The van der Waals surface area contributed by atoms with E-state index in [1.165, 1.54) is 0 Å². The van der Waals surface area contributed by atoms with E-state index in [0.717, 1.165) is 5.69 Å². The molecular formula is C11H10ClNO2. The van der Waals surface area contributed by atoms with Crippen molar-refractivity contribution in [2.45, 2.75) is 6.42 Å². The molecule has 1 fully saturated rings. The Morgan fingerprint density at radius 1 is 1.33 bits per heavy atom. The fraction of sp³-hybridized carbons (Fsp3) is 0.182. The molecule has 15 heavy (non-hydrogen) atoms. The lowest BCUT2D eigenvalue weighted by Gasteiger charge is -2.00. The maximum absolute atomic E-state index is 11.1. The number of anilines is 1. The van der Waals surface area contributed by atoms with E-state index in [9.17, 15) is 4.79 Å². The summed E-state index contributed by atoms with van der Waals surface area (Å²) in [6.07, 6.45) is 2.35. The van der Waals surface area contributed by atoms with Crippen molar-refractivity contribution in [3.8, 4) is 0 Å². The van der Waals surface area contributed by atoms with Crippen LogP contribution in [0.2, 0.25) is 5.02 Å². The number of hydrogen-bond acceptors (Lipinski definition) is 3. The molecule has 1 aliphatic heterocycles. The lowest BCUT2D eigenvalue weighted by atomic mass is 10.2. The van der Waals surface area contributed by atoms with Gasteiger partial charge in [0.1, 0.15) is 0 Å². The first kappa shape index (κ1) is 10.1. The second-order valence-electron chi connectivity index (χ2n) is 3.21. The Morgan fingerprint density at radius 2 is 2.07 bits per heavy atom. The SMILES string of the molecule is O=C1OCCC1=CNc1ccc(Cl)cc1. The Balaban J connectivity index is 2.03. The molecule has 0 radical (unpaired) electrons. The van der Waals surface area contributed by atoms with Crippen molar-refractivity contribution in [2.75, 3.05) is 11.9 Å². The molecule has 1 saturated heterocycles. The van der Waals surface area contributed by atoms with Gasteiger partial charge >= 0.3 is 5.97 Å². The van der Waals surface area contributed by atoms with Crippen molar-refractivity contribution < 1.29 is 9.53 Å². The molecule has 1 aromatic rings. The van der Waals surface area contributed by atoms with Crippen molar-refractivity contribution in [1.82, 2.24) is 0 Å². The smallest absolute Gasteiger partial charge is 0.335 e. The van der Waals surface area contributed by atoms with Gasteiger partial charge in [-0.1, -0.05) is 11.6 Å². The van der Waals surface area contributed by atoms with Gasteiger partial charge in [-0.25, -0.2) is 4.79 Å². The van der Waals surface area contributed by atoms with Gasteiger partial charge in [-0.05, 0) is 24.3 Å². The molecule has 0 aromatic heterocycles. The van der Waals surface area contributed by atoms with E-state index in [1.807, 2.05) is 12.1 Å². The number of rotatable bonds is 2. The molecule has 78 valence electrons. The third kappa shape index (κ3) is 2.50. The monoisotopic (exact) mass is 223 g/mol. The lowest BCUT2D eigenvalue weighted by Crippen LogP contribution is -1.98. The standard InChI is InChI=1S/C11H10ClNO2/c12-9-1-3-10(4-2-9)13-7-8-5-6-15-11(8)14/h1-4,7,13H,5-6H2. The van der Waals surface area contributed by atoms with Crippen molar-refractivity contribution in [2.24, 2.45) is 0 Å². The summed E-state index contributed by atoms with van der Waals surface area (Å²) in [4.78, 5) is 11.1. The first-order chi connectivity index (χ1) is 7.25. The van der Waals surface area contributed by atoms with Crippen LogP contribution in [-0.2, 0) is 9.53 Å². The van der Waals surface area contributed by atoms with E-state index in [4.69, 9.17) is 16.3 Å². The Bertz CT molecular complexity index is 398. The number of carbonyl (C=O) groups is 1. The highest BCUT2D eigenvalue weighted by Gasteiger charge is 2.17. The zero-order valence-electron chi connectivity index (χ0n) is 8.00. The van der Waals surface area contributed by atoms with Crippen LogP contribution in [0.25, 0.3) is 0 Å². The number of carbonyl (C=O) groups excluding carboxylic acids is 1. The molecule has 0 spiro atoms. The van der Waals surface area contributed by atoms with Gasteiger partial charge in [-0.15, -0.1) is 0 Å². The fourth-order valence-corrected chi connectivity index (χ4v) is 1.42. The minimum atomic E-state index is -0.239. The number of ether oxygens (including phenoxy) is 1. The minimum absolute atomic E-state index is 0.239. The van der Waals surface area contributed by atoms with Crippen LogP contribution in [0.5, 0.6) is 0 Å². The average molecular weight is 224 g/mol. The molecule has 1 aliphatic rings. The Kier molecular flexibility index (Phi) is 2.92. The number of cyclic esters (lactones) is 1. The van der Waals surface area contributed by atoms with Crippen LogP contribution >= 0.6 is 11.6 Å². The predicted octanol–water partition coefficient (Wildman–Crippen LogP) is 2.58. The van der Waals surface area contributed by atoms with Crippen LogP contribution in [0, 0.1) is 0 Å². The quantitative estimate of drug-likeness (QED) is 0.619. The summed E-state index contributed by atoms with van der Waals surface area (Å²) in [5.41, 5.74) is 1.57. The van der Waals surface area contributed by atoms with E-state index in [0.29, 0.717) is 23.6 Å². The van der Waals surface area contributed by atoms with Gasteiger partial charge in [0.2, 0.25) is 0 Å². The summed E-state index contributed by atoms with van der Waals surface area (Å²) in [6.45, 7) is 0.479. The van der Waals surface area contributed by atoms with Crippen molar-refractivity contribution in [3.63, 3.8) is 0 Å². The normalized spacial score (nSPS) is 17.9. The van der Waals surface area contributed by atoms with Crippen LogP contribution in [0.1, 0.15) is 6.42 Å². The van der Waals surface area contributed by atoms with Gasteiger partial charge in [0, 0.05) is 23.3 Å². The second kappa shape index (κ2) is 4.36. The highest BCUT2D eigenvalue weighted by atomic mass is 35.5. The number of esters is 1. The fourth-order valence-electron chi connectivity index (χ4n) is 1.30. The number of benzene rings is 1. The van der Waals surface area contributed by atoms with Crippen LogP contribution in [-0.4, -0.2) is 12.6 Å². The molecule has 0 saturated carbocycles. The Labute approximate surface area is 92.7 Å². The molecule has 1 aromatic carbocycles. The van der Waals surface area contributed by atoms with E-state index in [1.54, 1.807) is 18.3 Å². The van der Waals surface area contributed by atoms with Crippen molar-refractivity contribution in [1.29, 1.82) is 0 Å². The third-order valence-corrected chi connectivity index (χ3v) is 2.38. The molecule has 3 nitrogen and oxygen atoms in total. The maximum atomic E-state index is 11.1. The molecule has 0 atom stereocenters. The average Bonchev–Trinajstić information content (AvgIpc) is 2.63. The van der Waals surface area contributed by atoms with Gasteiger partial charge in [-0.3, -0.25) is 0 Å². The lowest BCUT2D eigenvalue weighted by molar-refractivity contribution is -0.135. The summed E-state index contributed by atoms with van der Waals surface area (Å²) in [6, 6.07) is 7.27. The summed E-state index contributed by atoms with van der Waals surface area (Å²) >= 11 is 5.74. The topological polar surface area (TPSA) is 38.3 Å². The molecule has 1 N–H and O–H groups in total. The first-order valence-electron chi connectivity index (χ1n) is 4.64. The zero-order valence-corrected chi connectivity index (χ0v) is 8.75. The number of halogens is 1. The van der Waals surface area contributed by atoms with E-state index < -0.39 is 0 Å². The summed E-state index contributed by atoms with van der Waals surface area (Å²) in [5, 5.41) is 3.71. The number of nitrogens with one attached hydrogen (secondary N) is 1. The minimum Gasteiger partial charge on any atom is -0.462 e. The molecule has 0 amide bonds. The second-order valence-corrected chi connectivity index (χ2v) is 3.64. The highest BCUT2D eigenvalue weighted by Crippen LogP contribution is 2.16. The summed E-state index contributed by atoms with van der Waals surface area (Å²) in [7, 11) is 0. The Hall–Kier alpha value is -1.48. The van der Waals surface area contributed by atoms with Crippen molar-refractivity contribution in [3.05, 3.63) is 41.1 Å². The van der Waals surface area contributed by atoms with E-state index >= 15 is 0 Å². The van der Waals surface area contributed by atoms with Crippen molar-refractivity contribution >= 4 is 23.3 Å². The van der Waals surface area contributed by atoms with Gasteiger partial charge in [0.05, 0.1) is 12.2 Å². The molecule has 0 aliphatic carbocycles. The largest absolute Gasteiger partial charge is 0.462 e. The van der Waals surface area contributed by atoms with Crippen LogP contribution in [0.15, 0.2) is 36.0 Å². The first-order valence-corrected chi connectivity index (χ1v) is 5.02. The third-order valence-electron chi connectivity index (χ3n) is 2.12. The van der Waals surface area contributed by atoms with Gasteiger partial charge < -0.3 is 10.1 Å². The summed E-state index contributed by atoms with van der Waals surface area (Å²) < 4.78 is 4.80. The maximum Gasteiger partial charge on any atom is 0.335 e. The van der Waals surface area contributed by atoms with E-state index in [-0.39, 0.29) is 5.97 Å². The zero-order chi connectivity index (χ0) is 10.7. The molecule has 0 unspecified atom stereocenters. The van der Waals surface area contributed by atoms with Gasteiger partial charge in [0.15, 0.2) is 0 Å². The molecule has 0 bridgehead atoms. The van der Waals surface area contributed by atoms with Crippen LogP contribution in [0.3, 0.4) is 0 Å². The van der Waals surface area contributed by atoms with Crippen LogP contribution < -0.4 is 5.32 Å². The van der Waals surface area contributed by atoms with Crippen LogP contribution in [0.4, 0.5) is 5.69 Å². The molecule has 1 heterocycles. The molecular weight excluding hydrogens is 214 g/mol. The predicted molar refractivity (Wildman–Crippen MR) is 58.7 cm³/mol. The Morgan fingerprint density at radius 3 is 2.67 bits per heavy atom. The van der Waals surface area contributed by atoms with E-state index in [2.05, 4.69) is 5.32 Å². The molecule has 2 rings (SSSR count). The van der Waals surface area contributed by atoms with Gasteiger partial charge in [-0.2, -0.15) is 0 Å². The summed E-state index contributed by atoms with van der Waals surface area (Å²) in [5.74, 6) is -0.239.